The highest BCUT2D eigenvalue weighted by Crippen LogP contribution is 2.35. The number of pyridine rings is 1. The van der Waals surface area contributed by atoms with Crippen molar-refractivity contribution in [3.63, 3.8) is 0 Å². The van der Waals surface area contributed by atoms with Crippen LogP contribution in [0.1, 0.15) is 29.2 Å². The molecule has 5 heteroatoms. The standard InChI is InChI=1S/C14H13ClN2OS/c15-13-11(4-2-7-16-13)17-14(18)10-3-1-5-12-9(10)6-8-19-12/h2,4,6-8,10H,1,3,5H2,(H,17,18). The highest BCUT2D eigenvalue weighted by molar-refractivity contribution is 7.10. The zero-order valence-electron chi connectivity index (χ0n) is 10.2. The number of nitrogens with zero attached hydrogens (tertiary/aromatic N) is 1. The van der Waals surface area contributed by atoms with Gasteiger partial charge in [0.2, 0.25) is 5.91 Å². The Bertz CT molecular complexity index is 611. The Morgan fingerprint density at radius 2 is 2.37 bits per heavy atom. The van der Waals surface area contributed by atoms with Gasteiger partial charge in [0.15, 0.2) is 5.15 Å². The normalized spacial score (nSPS) is 17.8. The minimum atomic E-state index is -0.0636. The van der Waals surface area contributed by atoms with Gasteiger partial charge in [-0.05, 0) is 48.4 Å². The molecule has 98 valence electrons. The number of halogens is 1. The summed E-state index contributed by atoms with van der Waals surface area (Å²) in [5.74, 6) is -0.0551. The Morgan fingerprint density at radius 1 is 1.47 bits per heavy atom. The van der Waals surface area contributed by atoms with Crippen LogP contribution in [0.25, 0.3) is 0 Å². The third-order valence-electron chi connectivity index (χ3n) is 3.39. The fourth-order valence-corrected chi connectivity index (χ4v) is 3.61. The van der Waals surface area contributed by atoms with E-state index in [1.807, 2.05) is 0 Å². The van der Waals surface area contributed by atoms with Crippen LogP contribution in [0.3, 0.4) is 0 Å². The summed E-state index contributed by atoms with van der Waals surface area (Å²) in [4.78, 5) is 17.7. The van der Waals surface area contributed by atoms with E-state index in [1.165, 1.54) is 10.4 Å². The van der Waals surface area contributed by atoms with Crippen LogP contribution < -0.4 is 5.32 Å². The Labute approximate surface area is 120 Å². The largest absolute Gasteiger partial charge is 0.323 e. The molecule has 3 rings (SSSR count). The fraction of sp³-hybridized carbons (Fsp3) is 0.286. The maximum absolute atomic E-state index is 12.4. The van der Waals surface area contributed by atoms with Crippen LogP contribution in [0.5, 0.6) is 0 Å². The predicted octanol–water partition coefficient (Wildman–Crippen LogP) is 3.86. The first-order valence-corrected chi connectivity index (χ1v) is 7.49. The molecule has 1 N–H and O–H groups in total. The molecule has 1 aliphatic carbocycles. The zero-order chi connectivity index (χ0) is 13.2. The Hall–Kier alpha value is -1.39. The van der Waals surface area contributed by atoms with Gasteiger partial charge in [-0.15, -0.1) is 11.3 Å². The van der Waals surface area contributed by atoms with Crippen LogP contribution in [0.4, 0.5) is 5.69 Å². The summed E-state index contributed by atoms with van der Waals surface area (Å²) in [6.45, 7) is 0. The predicted molar refractivity (Wildman–Crippen MR) is 77.9 cm³/mol. The average molecular weight is 293 g/mol. The second-order valence-electron chi connectivity index (χ2n) is 4.57. The number of fused-ring (bicyclic) bond motifs is 1. The number of hydrogen-bond donors (Lipinski definition) is 1. The van der Waals surface area contributed by atoms with Crippen molar-refractivity contribution in [1.82, 2.24) is 4.98 Å². The van der Waals surface area contributed by atoms with Crippen molar-refractivity contribution in [1.29, 1.82) is 0 Å². The number of nitrogens with one attached hydrogen (secondary N) is 1. The van der Waals surface area contributed by atoms with Gasteiger partial charge in [-0.3, -0.25) is 4.79 Å². The van der Waals surface area contributed by atoms with Gasteiger partial charge in [-0.2, -0.15) is 0 Å². The molecule has 0 fully saturated rings. The lowest BCUT2D eigenvalue weighted by Crippen LogP contribution is -2.24. The molecule has 2 aromatic rings. The third kappa shape index (κ3) is 2.51. The van der Waals surface area contributed by atoms with Gasteiger partial charge < -0.3 is 5.32 Å². The van der Waals surface area contributed by atoms with E-state index in [4.69, 9.17) is 11.6 Å². The molecule has 1 amide bonds. The number of thiophene rings is 1. The topological polar surface area (TPSA) is 42.0 Å². The monoisotopic (exact) mass is 292 g/mol. The molecular formula is C14H13ClN2OS. The van der Waals surface area contributed by atoms with Crippen molar-refractivity contribution in [2.45, 2.75) is 25.2 Å². The lowest BCUT2D eigenvalue weighted by atomic mass is 9.87. The molecule has 2 aromatic heterocycles. The first-order chi connectivity index (χ1) is 9.25. The van der Waals surface area contributed by atoms with Crippen molar-refractivity contribution in [3.8, 4) is 0 Å². The minimum absolute atomic E-state index is 0.00856. The van der Waals surface area contributed by atoms with E-state index < -0.39 is 0 Å². The van der Waals surface area contributed by atoms with Crippen LogP contribution in [-0.2, 0) is 11.2 Å². The summed E-state index contributed by atoms with van der Waals surface area (Å²) in [5.41, 5.74) is 1.75. The van der Waals surface area contributed by atoms with Gasteiger partial charge in [0.05, 0.1) is 11.6 Å². The van der Waals surface area contributed by atoms with Gasteiger partial charge in [-0.1, -0.05) is 11.6 Å². The number of carbonyl (C=O) groups is 1. The van der Waals surface area contributed by atoms with Crippen LogP contribution in [0.15, 0.2) is 29.8 Å². The third-order valence-corrected chi connectivity index (χ3v) is 4.68. The number of aromatic nitrogens is 1. The molecule has 1 aliphatic rings. The Kier molecular flexibility index (Phi) is 3.53. The molecule has 0 saturated carbocycles. The summed E-state index contributed by atoms with van der Waals surface area (Å²) in [5, 5.41) is 5.28. The molecule has 0 aromatic carbocycles. The molecule has 3 nitrogen and oxygen atoms in total. The molecule has 0 radical (unpaired) electrons. The van der Waals surface area contributed by atoms with Crippen molar-refractivity contribution >= 4 is 34.5 Å². The van der Waals surface area contributed by atoms with Gasteiger partial charge in [0.25, 0.3) is 0 Å². The van der Waals surface area contributed by atoms with Gasteiger partial charge in [-0.25, -0.2) is 4.98 Å². The Balaban J connectivity index is 1.81. The van der Waals surface area contributed by atoms with E-state index in [2.05, 4.69) is 21.7 Å². The molecule has 0 spiro atoms. The molecular weight excluding hydrogens is 280 g/mol. The van der Waals surface area contributed by atoms with Crippen LogP contribution >= 0.6 is 22.9 Å². The highest BCUT2D eigenvalue weighted by atomic mass is 35.5. The molecule has 0 saturated heterocycles. The maximum Gasteiger partial charge on any atom is 0.232 e. The van der Waals surface area contributed by atoms with Crippen LogP contribution in [0.2, 0.25) is 5.15 Å². The van der Waals surface area contributed by atoms with Crippen molar-refractivity contribution < 1.29 is 4.79 Å². The molecule has 0 aliphatic heterocycles. The average Bonchev–Trinajstić information content (AvgIpc) is 2.89. The first kappa shape index (κ1) is 12.6. The van der Waals surface area contributed by atoms with Crippen molar-refractivity contribution in [2.75, 3.05) is 5.32 Å². The summed E-state index contributed by atoms with van der Waals surface area (Å²) >= 11 is 7.70. The summed E-state index contributed by atoms with van der Waals surface area (Å²) in [6.07, 6.45) is 4.65. The number of hydrogen-bond acceptors (Lipinski definition) is 3. The number of amides is 1. The van der Waals surface area contributed by atoms with Crippen molar-refractivity contribution in [2.24, 2.45) is 0 Å². The smallest absolute Gasteiger partial charge is 0.232 e. The number of aryl methyl sites for hydroxylation is 1. The van der Waals surface area contributed by atoms with Crippen LogP contribution in [-0.4, -0.2) is 10.9 Å². The van der Waals surface area contributed by atoms with Gasteiger partial charge >= 0.3 is 0 Å². The molecule has 1 unspecified atom stereocenters. The van der Waals surface area contributed by atoms with E-state index in [0.29, 0.717) is 10.8 Å². The quantitative estimate of drug-likeness (QED) is 0.854. The van der Waals surface area contributed by atoms with E-state index in [-0.39, 0.29) is 11.8 Å². The lowest BCUT2D eigenvalue weighted by Gasteiger charge is -2.21. The Morgan fingerprint density at radius 3 is 3.21 bits per heavy atom. The second kappa shape index (κ2) is 5.31. The molecule has 19 heavy (non-hydrogen) atoms. The maximum atomic E-state index is 12.4. The van der Waals surface area contributed by atoms with Gasteiger partial charge in [0.1, 0.15) is 0 Å². The van der Waals surface area contributed by atoms with E-state index in [0.717, 1.165) is 19.3 Å². The van der Waals surface area contributed by atoms with E-state index in [1.54, 1.807) is 29.7 Å². The zero-order valence-corrected chi connectivity index (χ0v) is 11.8. The van der Waals surface area contributed by atoms with Crippen LogP contribution in [0, 0.1) is 0 Å². The minimum Gasteiger partial charge on any atom is -0.323 e. The van der Waals surface area contributed by atoms with E-state index >= 15 is 0 Å². The summed E-state index contributed by atoms with van der Waals surface area (Å²) in [6, 6.07) is 5.59. The van der Waals surface area contributed by atoms with Crippen molar-refractivity contribution in [3.05, 3.63) is 45.4 Å². The molecule has 1 atom stereocenters. The fourth-order valence-electron chi connectivity index (χ4n) is 2.46. The van der Waals surface area contributed by atoms with Gasteiger partial charge in [0, 0.05) is 11.1 Å². The summed E-state index contributed by atoms with van der Waals surface area (Å²) < 4.78 is 0. The lowest BCUT2D eigenvalue weighted by molar-refractivity contribution is -0.117. The molecule has 0 bridgehead atoms. The second-order valence-corrected chi connectivity index (χ2v) is 5.93. The molecule has 2 heterocycles. The SMILES string of the molecule is O=C(Nc1cccnc1Cl)C1CCCc2sccc21. The number of carbonyl (C=O) groups excluding carboxylic acids is 1. The number of anilines is 1. The first-order valence-electron chi connectivity index (χ1n) is 6.23. The number of rotatable bonds is 2. The summed E-state index contributed by atoms with van der Waals surface area (Å²) in [7, 11) is 0. The highest BCUT2D eigenvalue weighted by Gasteiger charge is 2.27. The van der Waals surface area contributed by atoms with E-state index in [9.17, 15) is 4.79 Å².